The molecule has 3 unspecified atom stereocenters. The van der Waals surface area contributed by atoms with Crippen molar-refractivity contribution < 1.29 is 38.1 Å². The molecule has 0 saturated carbocycles. The number of carbonyl (C=O) groups is 4. The van der Waals surface area contributed by atoms with Crippen LogP contribution in [0.4, 0.5) is 14.0 Å². The summed E-state index contributed by atoms with van der Waals surface area (Å²) in [5.74, 6) is -0.990. The van der Waals surface area contributed by atoms with Gasteiger partial charge in [-0.25, -0.2) is 18.8 Å². The number of nitrogens with zero attached hydrogens (tertiary/aromatic N) is 2. The first-order chi connectivity index (χ1) is 18.4. The van der Waals surface area contributed by atoms with E-state index in [1.807, 2.05) is 26.0 Å². The number of carbonyl (C=O) groups excluding carboxylic acids is 3. The second-order valence-electron chi connectivity index (χ2n) is 10.2. The predicted octanol–water partition coefficient (Wildman–Crippen LogP) is 4.61. The van der Waals surface area contributed by atoms with E-state index in [0.29, 0.717) is 31.4 Å². The van der Waals surface area contributed by atoms with Crippen LogP contribution in [-0.2, 0) is 32.2 Å². The van der Waals surface area contributed by atoms with Crippen molar-refractivity contribution in [3.05, 3.63) is 47.3 Å². The summed E-state index contributed by atoms with van der Waals surface area (Å²) in [5.41, 5.74) is 0.627. The van der Waals surface area contributed by atoms with Crippen molar-refractivity contribution in [3.63, 3.8) is 0 Å². The average Bonchev–Trinajstić information content (AvgIpc) is 3.50. The average molecular weight is 550 g/mol. The molecule has 1 aromatic carbocycles. The van der Waals surface area contributed by atoms with E-state index in [9.17, 15) is 23.6 Å². The minimum absolute atomic E-state index is 0.0407. The van der Waals surface area contributed by atoms with Gasteiger partial charge in [-0.2, -0.15) is 0 Å². The van der Waals surface area contributed by atoms with E-state index in [1.54, 1.807) is 37.8 Å². The lowest BCUT2D eigenvalue weighted by atomic mass is 10.0. The number of alkyl carbamates (subject to hydrolysis) is 1. The molecule has 39 heavy (non-hydrogen) atoms. The van der Waals surface area contributed by atoms with E-state index in [0.717, 1.165) is 12.0 Å². The number of benzene rings is 1. The van der Waals surface area contributed by atoms with Crippen LogP contribution in [0.3, 0.4) is 0 Å². The zero-order valence-electron chi connectivity index (χ0n) is 23.5. The largest absolute Gasteiger partial charge is 0.467 e. The second-order valence-corrected chi connectivity index (χ2v) is 10.2. The Morgan fingerprint density at radius 1 is 1.08 bits per heavy atom. The molecule has 3 heterocycles. The lowest BCUT2D eigenvalue weighted by molar-refractivity contribution is -0.153. The number of fused-ring (bicyclic) bond motifs is 2. The predicted molar refractivity (Wildman–Crippen MR) is 142 cm³/mol. The molecule has 1 aromatic rings. The van der Waals surface area contributed by atoms with Gasteiger partial charge in [-0.05, 0) is 58.1 Å². The Morgan fingerprint density at radius 3 is 2.33 bits per heavy atom. The van der Waals surface area contributed by atoms with Crippen molar-refractivity contribution in [2.45, 2.75) is 97.1 Å². The van der Waals surface area contributed by atoms with Gasteiger partial charge < -0.3 is 24.8 Å². The highest BCUT2D eigenvalue weighted by Gasteiger charge is 2.44. The van der Waals surface area contributed by atoms with Gasteiger partial charge in [0.1, 0.15) is 23.5 Å². The molecule has 0 radical (unpaired) electrons. The lowest BCUT2D eigenvalue weighted by Crippen LogP contribution is -2.55. The van der Waals surface area contributed by atoms with E-state index < -0.39 is 35.8 Å². The summed E-state index contributed by atoms with van der Waals surface area (Å²) < 4.78 is 23.2. The van der Waals surface area contributed by atoms with Crippen LogP contribution >= 0.6 is 0 Å². The Balaban J connectivity index is 0.000000298. The molecule has 11 heteroatoms. The quantitative estimate of drug-likeness (QED) is 0.408. The molecule has 1 saturated heterocycles. The molecule has 2 N–H and O–H groups in total. The number of methoxy groups -OCH3 is 1. The molecular weight excluding hydrogens is 509 g/mol. The summed E-state index contributed by atoms with van der Waals surface area (Å²) in [7, 11) is 1.32. The maximum atomic E-state index is 13.1. The topological polar surface area (TPSA) is 125 Å². The number of nitrogens with one attached hydrogen (secondary N) is 1. The summed E-state index contributed by atoms with van der Waals surface area (Å²) in [5, 5.41) is 11.3. The first kappa shape index (κ1) is 31.6. The molecule has 10 nitrogen and oxygen atoms in total. The number of hydrogen-bond acceptors (Lipinski definition) is 6. The Hall–Kier alpha value is -3.63. The van der Waals surface area contributed by atoms with Gasteiger partial charge in [0.2, 0.25) is 5.91 Å². The molecule has 0 aliphatic carbocycles. The minimum Gasteiger partial charge on any atom is -0.467 e. The van der Waals surface area contributed by atoms with Gasteiger partial charge in [0.05, 0.1) is 13.7 Å². The fourth-order valence-electron chi connectivity index (χ4n) is 4.67. The van der Waals surface area contributed by atoms with Crippen LogP contribution in [-0.4, -0.2) is 69.8 Å². The summed E-state index contributed by atoms with van der Waals surface area (Å²) in [6.07, 6.45) is 4.64. The van der Waals surface area contributed by atoms with E-state index in [-0.39, 0.29) is 24.3 Å². The third-order valence-corrected chi connectivity index (χ3v) is 6.36. The lowest BCUT2D eigenvalue weighted by Gasteiger charge is -2.33. The van der Waals surface area contributed by atoms with Gasteiger partial charge in [0, 0.05) is 18.2 Å². The zero-order chi connectivity index (χ0) is 29.3. The fraction of sp³-hybridized carbons (Fsp3) is 0.571. The fourth-order valence-corrected chi connectivity index (χ4v) is 4.67. The normalized spacial score (nSPS) is 22.4. The number of esters is 1. The summed E-state index contributed by atoms with van der Waals surface area (Å²) in [6.45, 7) is 9.74. The van der Waals surface area contributed by atoms with Crippen LogP contribution in [0.15, 0.2) is 30.4 Å². The Labute approximate surface area is 229 Å². The number of amides is 3. The van der Waals surface area contributed by atoms with Crippen LogP contribution < -0.4 is 5.32 Å². The summed E-state index contributed by atoms with van der Waals surface area (Å²) in [6, 6.07) is 3.33. The molecule has 0 bridgehead atoms. The van der Waals surface area contributed by atoms with Crippen LogP contribution in [0.5, 0.6) is 0 Å². The smallest absolute Gasteiger partial charge is 0.408 e. The van der Waals surface area contributed by atoms with Crippen molar-refractivity contribution in [3.8, 4) is 0 Å². The number of ether oxygens (including phenoxy) is 2. The van der Waals surface area contributed by atoms with Crippen molar-refractivity contribution in [1.29, 1.82) is 0 Å². The molecule has 3 aliphatic heterocycles. The standard InChI is InChI=1S/C17H26N2O5.C9H8FNO2.C2H6/c1-17(2,3)24-16(22)18-12-8-6-5-7-11-9-10-13(15(21)23-4)19(11)14(12)20;10-8-3-1-2-6-4-11(9(12)13)5-7(6)8;1-2/h5-6,11-13H,7-10H2,1-4H3,(H,18,22);1-3H,4-5H2,(H,12,13);1-2H3/b6-5-;;. The van der Waals surface area contributed by atoms with E-state index in [2.05, 4.69) is 5.32 Å². The minimum atomic E-state index is -1.00. The van der Waals surface area contributed by atoms with Gasteiger partial charge in [-0.1, -0.05) is 38.1 Å². The molecule has 216 valence electrons. The molecule has 1 fully saturated rings. The van der Waals surface area contributed by atoms with Crippen molar-refractivity contribution in [2.24, 2.45) is 0 Å². The first-order valence-corrected chi connectivity index (χ1v) is 13.2. The van der Waals surface area contributed by atoms with Crippen LogP contribution in [0, 0.1) is 5.82 Å². The SMILES string of the molecule is CC.COC(=O)C1CCC2C/C=C\CC(NC(=O)OC(C)(C)C)C(=O)N21.O=C(O)N1Cc2cccc(F)c2C1. The highest BCUT2D eigenvalue weighted by molar-refractivity contribution is 5.90. The van der Waals surface area contributed by atoms with Gasteiger partial charge >= 0.3 is 18.2 Å². The zero-order valence-corrected chi connectivity index (χ0v) is 23.5. The molecule has 3 aliphatic rings. The van der Waals surface area contributed by atoms with E-state index in [1.165, 1.54) is 18.1 Å². The Bertz CT molecular complexity index is 1070. The third-order valence-electron chi connectivity index (χ3n) is 6.36. The van der Waals surface area contributed by atoms with Gasteiger partial charge in [-0.15, -0.1) is 0 Å². The van der Waals surface area contributed by atoms with Crippen LogP contribution in [0.1, 0.15) is 71.4 Å². The molecule has 0 spiro atoms. The Kier molecular flexibility index (Phi) is 11.3. The maximum Gasteiger partial charge on any atom is 0.408 e. The Morgan fingerprint density at radius 2 is 1.74 bits per heavy atom. The van der Waals surface area contributed by atoms with Crippen LogP contribution in [0.25, 0.3) is 0 Å². The van der Waals surface area contributed by atoms with Crippen molar-refractivity contribution >= 4 is 24.1 Å². The second kappa shape index (κ2) is 14.0. The first-order valence-electron chi connectivity index (χ1n) is 13.2. The van der Waals surface area contributed by atoms with Crippen LogP contribution in [0.2, 0.25) is 0 Å². The number of halogens is 1. The monoisotopic (exact) mass is 549 g/mol. The summed E-state index contributed by atoms with van der Waals surface area (Å²) >= 11 is 0. The van der Waals surface area contributed by atoms with Crippen molar-refractivity contribution in [2.75, 3.05) is 7.11 Å². The molecule has 3 atom stereocenters. The number of hydrogen-bond donors (Lipinski definition) is 2. The highest BCUT2D eigenvalue weighted by atomic mass is 19.1. The number of carboxylic acid groups (broad SMARTS) is 1. The van der Waals surface area contributed by atoms with Gasteiger partial charge in [0.25, 0.3) is 0 Å². The molecular formula is C28H40FN3O7. The molecule has 3 amide bonds. The third kappa shape index (κ3) is 8.43. The molecule has 0 aromatic heterocycles. The highest BCUT2D eigenvalue weighted by Crippen LogP contribution is 2.30. The van der Waals surface area contributed by atoms with Gasteiger partial charge in [-0.3, -0.25) is 9.69 Å². The number of rotatable bonds is 2. The van der Waals surface area contributed by atoms with E-state index >= 15 is 0 Å². The van der Waals surface area contributed by atoms with E-state index in [4.69, 9.17) is 14.6 Å². The van der Waals surface area contributed by atoms with Gasteiger partial charge in [0.15, 0.2) is 0 Å². The summed E-state index contributed by atoms with van der Waals surface area (Å²) in [4.78, 5) is 50.3. The molecule has 4 rings (SSSR count). The van der Waals surface area contributed by atoms with Crippen molar-refractivity contribution in [1.82, 2.24) is 15.1 Å². The maximum absolute atomic E-state index is 13.1.